The lowest BCUT2D eigenvalue weighted by Crippen LogP contribution is -1.98. The van der Waals surface area contributed by atoms with E-state index in [0.717, 1.165) is 21.8 Å². The molecule has 3 aromatic rings. The maximum atomic E-state index is 9.13. The molecule has 0 saturated carbocycles. The summed E-state index contributed by atoms with van der Waals surface area (Å²) in [6.45, 7) is 2.20. The minimum atomic E-state index is 0.180. The van der Waals surface area contributed by atoms with Gasteiger partial charge in [0.15, 0.2) is 4.96 Å². The van der Waals surface area contributed by atoms with Gasteiger partial charge in [-0.05, 0) is 5.56 Å². The van der Waals surface area contributed by atoms with Crippen LogP contribution in [0, 0.1) is 0 Å². The lowest BCUT2D eigenvalue weighted by Gasteiger charge is -2.08. The van der Waals surface area contributed by atoms with Gasteiger partial charge in [-0.3, -0.25) is 4.40 Å². The van der Waals surface area contributed by atoms with Gasteiger partial charge in [0.2, 0.25) is 0 Å². The summed E-state index contributed by atoms with van der Waals surface area (Å²) in [6.07, 6.45) is 4.05. The maximum Gasteiger partial charge on any atom is 0.194 e. The fraction of sp³-hybridized carbons (Fsp3) is 0.214. The molecule has 0 fully saturated rings. The highest BCUT2D eigenvalue weighted by molar-refractivity contribution is 7.15. The van der Waals surface area contributed by atoms with Crippen LogP contribution in [-0.4, -0.2) is 21.1 Å². The highest BCUT2D eigenvalue weighted by atomic mass is 32.1. The van der Waals surface area contributed by atoms with Crippen LogP contribution in [0.15, 0.2) is 42.0 Å². The number of aliphatic hydroxyl groups excluding tert-OH is 1. The number of aromatic nitrogens is 2. The van der Waals surface area contributed by atoms with Gasteiger partial charge in [-0.1, -0.05) is 31.2 Å². The van der Waals surface area contributed by atoms with Crippen LogP contribution in [0.5, 0.6) is 0 Å². The fourth-order valence-electron chi connectivity index (χ4n) is 1.95. The molecule has 0 amide bonds. The van der Waals surface area contributed by atoms with Crippen LogP contribution in [0.4, 0.5) is 0 Å². The van der Waals surface area contributed by atoms with Crippen LogP contribution in [0.2, 0.25) is 0 Å². The van der Waals surface area contributed by atoms with Crippen molar-refractivity contribution in [3.05, 3.63) is 47.6 Å². The SMILES string of the molecule is CC(CO)c1ccc(-c2cn3ccsc3n2)cc1. The second kappa shape index (κ2) is 4.55. The minimum Gasteiger partial charge on any atom is -0.396 e. The first kappa shape index (κ1) is 11.4. The molecule has 1 aromatic carbocycles. The van der Waals surface area contributed by atoms with Crippen molar-refractivity contribution in [2.75, 3.05) is 6.61 Å². The van der Waals surface area contributed by atoms with Gasteiger partial charge in [0.25, 0.3) is 0 Å². The Hall–Kier alpha value is -1.65. The van der Waals surface area contributed by atoms with Gasteiger partial charge in [0, 0.05) is 35.9 Å². The van der Waals surface area contributed by atoms with Crippen molar-refractivity contribution in [1.82, 2.24) is 9.38 Å². The highest BCUT2D eigenvalue weighted by Crippen LogP contribution is 2.23. The fourth-order valence-corrected chi connectivity index (χ4v) is 2.65. The molecule has 18 heavy (non-hydrogen) atoms. The molecule has 1 N–H and O–H groups in total. The van der Waals surface area contributed by atoms with Crippen molar-refractivity contribution >= 4 is 16.3 Å². The Morgan fingerprint density at radius 3 is 2.78 bits per heavy atom. The Labute approximate surface area is 109 Å². The predicted molar refractivity (Wildman–Crippen MR) is 74.0 cm³/mol. The van der Waals surface area contributed by atoms with E-state index in [2.05, 4.69) is 29.2 Å². The molecular formula is C14H14N2OS. The molecule has 3 rings (SSSR count). The van der Waals surface area contributed by atoms with E-state index >= 15 is 0 Å². The number of aliphatic hydroxyl groups is 1. The van der Waals surface area contributed by atoms with E-state index < -0.39 is 0 Å². The van der Waals surface area contributed by atoms with Crippen molar-refractivity contribution in [3.63, 3.8) is 0 Å². The number of fused-ring (bicyclic) bond motifs is 1. The molecule has 0 bridgehead atoms. The zero-order valence-electron chi connectivity index (χ0n) is 10.1. The summed E-state index contributed by atoms with van der Waals surface area (Å²) in [7, 11) is 0. The monoisotopic (exact) mass is 258 g/mol. The molecule has 0 radical (unpaired) electrons. The van der Waals surface area contributed by atoms with E-state index in [-0.39, 0.29) is 12.5 Å². The van der Waals surface area contributed by atoms with Crippen LogP contribution >= 0.6 is 11.3 Å². The average Bonchev–Trinajstić information content (AvgIpc) is 2.99. The van der Waals surface area contributed by atoms with Crippen LogP contribution in [0.1, 0.15) is 18.4 Å². The van der Waals surface area contributed by atoms with E-state index in [1.807, 2.05) is 29.1 Å². The van der Waals surface area contributed by atoms with E-state index in [1.54, 1.807) is 11.3 Å². The number of rotatable bonds is 3. The van der Waals surface area contributed by atoms with Crippen LogP contribution < -0.4 is 0 Å². The summed E-state index contributed by atoms with van der Waals surface area (Å²) in [6, 6.07) is 8.25. The van der Waals surface area contributed by atoms with Crippen molar-refractivity contribution in [3.8, 4) is 11.3 Å². The normalized spacial score (nSPS) is 13.0. The van der Waals surface area contributed by atoms with Crippen LogP contribution in [0.3, 0.4) is 0 Å². The third-order valence-electron chi connectivity index (χ3n) is 3.14. The molecule has 0 aliphatic heterocycles. The Morgan fingerprint density at radius 1 is 1.33 bits per heavy atom. The number of imidazole rings is 1. The number of hydrogen-bond acceptors (Lipinski definition) is 3. The molecule has 0 aliphatic rings. The van der Waals surface area contributed by atoms with Crippen molar-refractivity contribution in [2.45, 2.75) is 12.8 Å². The molecule has 0 aliphatic carbocycles. The molecule has 3 nitrogen and oxygen atoms in total. The molecular weight excluding hydrogens is 244 g/mol. The zero-order valence-corrected chi connectivity index (χ0v) is 10.9. The van der Waals surface area contributed by atoms with E-state index in [4.69, 9.17) is 5.11 Å². The number of thiazole rings is 1. The lowest BCUT2D eigenvalue weighted by atomic mass is 10.0. The number of nitrogens with zero attached hydrogens (tertiary/aromatic N) is 2. The van der Waals surface area contributed by atoms with Crippen molar-refractivity contribution < 1.29 is 5.11 Å². The van der Waals surface area contributed by atoms with E-state index in [9.17, 15) is 0 Å². The molecule has 0 saturated heterocycles. The summed E-state index contributed by atoms with van der Waals surface area (Å²) < 4.78 is 2.03. The van der Waals surface area contributed by atoms with Gasteiger partial charge in [-0.25, -0.2) is 4.98 Å². The Balaban J connectivity index is 1.95. The number of hydrogen-bond donors (Lipinski definition) is 1. The summed E-state index contributed by atoms with van der Waals surface area (Å²) in [4.78, 5) is 5.58. The third-order valence-corrected chi connectivity index (χ3v) is 3.91. The lowest BCUT2D eigenvalue weighted by molar-refractivity contribution is 0.273. The predicted octanol–water partition coefficient (Wildman–Crippen LogP) is 3.16. The highest BCUT2D eigenvalue weighted by Gasteiger charge is 2.07. The minimum absolute atomic E-state index is 0.180. The maximum absolute atomic E-state index is 9.13. The third kappa shape index (κ3) is 1.94. The van der Waals surface area contributed by atoms with Crippen LogP contribution in [-0.2, 0) is 0 Å². The Kier molecular flexibility index (Phi) is 2.89. The second-order valence-electron chi connectivity index (χ2n) is 4.42. The summed E-state index contributed by atoms with van der Waals surface area (Å²) >= 11 is 1.63. The van der Waals surface area contributed by atoms with Gasteiger partial charge in [-0.2, -0.15) is 0 Å². The van der Waals surface area contributed by atoms with Crippen molar-refractivity contribution in [1.29, 1.82) is 0 Å². The quantitative estimate of drug-likeness (QED) is 0.783. The standard InChI is InChI=1S/C14H14N2OS/c1-10(9-17)11-2-4-12(5-3-11)13-8-16-6-7-18-14(16)15-13/h2-8,10,17H,9H2,1H3. The smallest absolute Gasteiger partial charge is 0.194 e. The first-order valence-electron chi connectivity index (χ1n) is 5.91. The number of benzene rings is 1. The van der Waals surface area contributed by atoms with E-state index in [1.165, 1.54) is 0 Å². The molecule has 4 heteroatoms. The molecule has 0 spiro atoms. The zero-order chi connectivity index (χ0) is 12.5. The molecule has 2 aromatic heterocycles. The Bertz CT molecular complexity index is 625. The second-order valence-corrected chi connectivity index (χ2v) is 5.30. The Morgan fingerprint density at radius 2 is 2.11 bits per heavy atom. The van der Waals surface area contributed by atoms with Gasteiger partial charge < -0.3 is 5.11 Å². The summed E-state index contributed by atoms with van der Waals surface area (Å²) in [5.41, 5.74) is 3.26. The molecule has 92 valence electrons. The van der Waals surface area contributed by atoms with Gasteiger partial charge >= 0.3 is 0 Å². The summed E-state index contributed by atoms with van der Waals surface area (Å²) in [5.74, 6) is 0.185. The molecule has 1 unspecified atom stereocenters. The first-order valence-corrected chi connectivity index (χ1v) is 6.79. The van der Waals surface area contributed by atoms with Crippen molar-refractivity contribution in [2.24, 2.45) is 0 Å². The van der Waals surface area contributed by atoms with Gasteiger partial charge in [0.1, 0.15) is 0 Å². The topological polar surface area (TPSA) is 37.5 Å². The first-order chi connectivity index (χ1) is 8.78. The largest absolute Gasteiger partial charge is 0.396 e. The van der Waals surface area contributed by atoms with Gasteiger partial charge in [-0.15, -0.1) is 11.3 Å². The molecule has 2 heterocycles. The van der Waals surface area contributed by atoms with Gasteiger partial charge in [0.05, 0.1) is 5.69 Å². The average molecular weight is 258 g/mol. The van der Waals surface area contributed by atoms with E-state index in [0.29, 0.717) is 0 Å². The molecule has 1 atom stereocenters. The summed E-state index contributed by atoms with van der Waals surface area (Å²) in [5, 5.41) is 11.2. The van der Waals surface area contributed by atoms with Crippen LogP contribution in [0.25, 0.3) is 16.2 Å².